The van der Waals surface area contributed by atoms with Gasteiger partial charge in [0.25, 0.3) is 0 Å². The quantitative estimate of drug-likeness (QED) is 0.870. The van der Waals surface area contributed by atoms with Crippen molar-refractivity contribution in [1.82, 2.24) is 5.32 Å². The molecule has 0 radical (unpaired) electrons. The molecular weight excluding hydrogens is 334 g/mol. The number of carbonyl (C=O) groups excluding carboxylic acids is 1. The molecule has 0 heterocycles. The lowest BCUT2D eigenvalue weighted by Gasteiger charge is -2.21. The van der Waals surface area contributed by atoms with Crippen LogP contribution >= 0.6 is 0 Å². The van der Waals surface area contributed by atoms with E-state index in [0.717, 1.165) is 50.5 Å². The van der Waals surface area contributed by atoms with Crippen LogP contribution in [0.25, 0.3) is 0 Å². The van der Waals surface area contributed by atoms with Gasteiger partial charge >= 0.3 is 0 Å². The zero-order chi connectivity index (χ0) is 17.7. The Morgan fingerprint density at radius 1 is 0.960 bits per heavy atom. The van der Waals surface area contributed by atoms with Crippen LogP contribution in [0.3, 0.4) is 0 Å². The number of sulfone groups is 1. The standard InChI is InChI=1S/C20H29NO3S/c22-20(21-18-9-4-2-1-3-5-10-18)13-14-25(23,24)19-12-11-16-7-6-8-17(16)15-19/h11-12,15,18H,1-10,13-14H2,(H,21,22). The summed E-state index contributed by atoms with van der Waals surface area (Å²) in [7, 11) is -3.39. The number of aryl methyl sites for hydroxylation is 2. The van der Waals surface area contributed by atoms with Crippen LogP contribution in [0.5, 0.6) is 0 Å². The highest BCUT2D eigenvalue weighted by molar-refractivity contribution is 7.91. The normalized spacial score (nSPS) is 19.0. The van der Waals surface area contributed by atoms with Gasteiger partial charge in [-0.15, -0.1) is 0 Å². The van der Waals surface area contributed by atoms with Crippen molar-refractivity contribution in [3.63, 3.8) is 0 Å². The lowest BCUT2D eigenvalue weighted by Crippen LogP contribution is -2.36. The first-order valence-electron chi connectivity index (χ1n) is 9.68. The fourth-order valence-electron chi connectivity index (χ4n) is 3.99. The average molecular weight is 364 g/mol. The first kappa shape index (κ1) is 18.4. The van der Waals surface area contributed by atoms with E-state index in [1.165, 1.54) is 24.8 Å². The Morgan fingerprint density at radius 3 is 2.40 bits per heavy atom. The van der Waals surface area contributed by atoms with E-state index < -0.39 is 9.84 Å². The second-order valence-corrected chi connectivity index (χ2v) is 9.57. The molecule has 0 aliphatic heterocycles. The molecule has 0 unspecified atom stereocenters. The second-order valence-electron chi connectivity index (χ2n) is 7.46. The highest BCUT2D eigenvalue weighted by atomic mass is 32.2. The minimum atomic E-state index is -3.39. The fourth-order valence-corrected chi connectivity index (χ4v) is 5.27. The van der Waals surface area contributed by atoms with Crippen LogP contribution in [0.1, 0.15) is 68.9 Å². The topological polar surface area (TPSA) is 63.2 Å². The molecular formula is C20H29NO3S. The van der Waals surface area contributed by atoms with Crippen LogP contribution in [0, 0.1) is 0 Å². The lowest BCUT2D eigenvalue weighted by molar-refractivity contribution is -0.121. The minimum absolute atomic E-state index is 0.0515. The van der Waals surface area contributed by atoms with Crippen molar-refractivity contribution in [2.45, 2.75) is 81.6 Å². The van der Waals surface area contributed by atoms with Crippen LogP contribution in [-0.2, 0) is 27.5 Å². The van der Waals surface area contributed by atoms with Gasteiger partial charge in [-0.1, -0.05) is 38.2 Å². The number of benzene rings is 1. The number of rotatable bonds is 5. The molecule has 138 valence electrons. The number of amides is 1. The molecule has 2 aliphatic rings. The number of hydrogen-bond acceptors (Lipinski definition) is 3. The van der Waals surface area contributed by atoms with Gasteiger partial charge in [0, 0.05) is 12.5 Å². The van der Waals surface area contributed by atoms with Gasteiger partial charge in [0.1, 0.15) is 0 Å². The summed E-state index contributed by atoms with van der Waals surface area (Å²) in [5.41, 5.74) is 2.42. The van der Waals surface area contributed by atoms with Crippen molar-refractivity contribution in [1.29, 1.82) is 0 Å². The third-order valence-electron chi connectivity index (χ3n) is 5.50. The van der Waals surface area contributed by atoms with E-state index in [1.54, 1.807) is 6.07 Å². The summed E-state index contributed by atoms with van der Waals surface area (Å²) < 4.78 is 25.1. The molecule has 0 spiro atoms. The Balaban J connectivity index is 1.53. The van der Waals surface area contributed by atoms with Crippen LogP contribution in [-0.4, -0.2) is 26.1 Å². The smallest absolute Gasteiger partial charge is 0.221 e. The van der Waals surface area contributed by atoms with Crippen LogP contribution in [0.15, 0.2) is 23.1 Å². The predicted molar refractivity (Wildman–Crippen MR) is 99.4 cm³/mol. The fraction of sp³-hybridized carbons (Fsp3) is 0.650. The molecule has 1 fully saturated rings. The van der Waals surface area contributed by atoms with Gasteiger partial charge in [-0.3, -0.25) is 4.79 Å². The molecule has 1 N–H and O–H groups in total. The van der Waals surface area contributed by atoms with Crippen molar-refractivity contribution >= 4 is 15.7 Å². The molecule has 4 nitrogen and oxygen atoms in total. The lowest BCUT2D eigenvalue weighted by atomic mass is 9.97. The maximum Gasteiger partial charge on any atom is 0.221 e. The molecule has 1 aromatic carbocycles. The van der Waals surface area contributed by atoms with Gasteiger partial charge in [-0.05, 0) is 55.4 Å². The Bertz CT molecular complexity index is 704. The van der Waals surface area contributed by atoms with E-state index >= 15 is 0 Å². The molecule has 0 bridgehead atoms. The van der Waals surface area contributed by atoms with E-state index in [1.807, 2.05) is 12.1 Å². The van der Waals surface area contributed by atoms with E-state index in [4.69, 9.17) is 0 Å². The number of fused-ring (bicyclic) bond motifs is 1. The summed E-state index contributed by atoms with van der Waals surface area (Å²) in [5.74, 6) is -0.236. The van der Waals surface area contributed by atoms with Crippen LogP contribution < -0.4 is 5.32 Å². The minimum Gasteiger partial charge on any atom is -0.353 e. The molecule has 1 amide bonds. The Labute approximate surface area is 151 Å². The monoisotopic (exact) mass is 363 g/mol. The van der Waals surface area contributed by atoms with Crippen LogP contribution in [0.2, 0.25) is 0 Å². The summed E-state index contributed by atoms with van der Waals surface area (Å²) in [6.45, 7) is 0. The van der Waals surface area contributed by atoms with E-state index in [2.05, 4.69) is 5.32 Å². The molecule has 0 saturated heterocycles. The predicted octanol–water partition coefficient (Wildman–Crippen LogP) is 3.57. The largest absolute Gasteiger partial charge is 0.353 e. The second kappa shape index (κ2) is 8.35. The summed E-state index contributed by atoms with van der Waals surface area (Å²) >= 11 is 0. The summed E-state index contributed by atoms with van der Waals surface area (Å²) in [4.78, 5) is 12.6. The zero-order valence-corrected chi connectivity index (χ0v) is 15.7. The molecule has 2 aliphatic carbocycles. The van der Waals surface area contributed by atoms with Gasteiger partial charge in [0.05, 0.1) is 10.6 Å². The Morgan fingerprint density at radius 2 is 1.64 bits per heavy atom. The number of nitrogens with one attached hydrogen (secondary N) is 1. The molecule has 3 rings (SSSR count). The first-order valence-corrected chi connectivity index (χ1v) is 11.3. The zero-order valence-electron chi connectivity index (χ0n) is 14.9. The summed E-state index contributed by atoms with van der Waals surface area (Å²) in [5, 5.41) is 3.05. The van der Waals surface area contributed by atoms with Crippen molar-refractivity contribution in [3.05, 3.63) is 29.3 Å². The summed E-state index contributed by atoms with van der Waals surface area (Å²) in [6, 6.07) is 5.66. The highest BCUT2D eigenvalue weighted by Gasteiger charge is 2.21. The van der Waals surface area contributed by atoms with E-state index in [9.17, 15) is 13.2 Å². The van der Waals surface area contributed by atoms with Gasteiger partial charge in [-0.2, -0.15) is 0 Å². The average Bonchev–Trinajstić information content (AvgIpc) is 3.03. The van der Waals surface area contributed by atoms with Crippen LogP contribution in [0.4, 0.5) is 0 Å². The third-order valence-corrected chi connectivity index (χ3v) is 7.21. The number of hydrogen-bond donors (Lipinski definition) is 1. The maximum atomic E-state index is 12.5. The Hall–Kier alpha value is -1.36. The SMILES string of the molecule is O=C(CCS(=O)(=O)c1ccc2c(c1)CCC2)NC1CCCCCCC1. The molecule has 0 aromatic heterocycles. The van der Waals surface area contributed by atoms with Gasteiger partial charge in [-0.25, -0.2) is 8.42 Å². The molecule has 1 saturated carbocycles. The summed E-state index contributed by atoms with van der Waals surface area (Å²) in [6.07, 6.45) is 11.3. The van der Waals surface area contributed by atoms with E-state index in [0.29, 0.717) is 4.90 Å². The van der Waals surface area contributed by atoms with Gasteiger partial charge < -0.3 is 5.32 Å². The molecule has 0 atom stereocenters. The van der Waals surface area contributed by atoms with Crippen molar-refractivity contribution in [2.24, 2.45) is 0 Å². The third kappa shape index (κ3) is 5.06. The van der Waals surface area contributed by atoms with E-state index in [-0.39, 0.29) is 24.1 Å². The molecule has 25 heavy (non-hydrogen) atoms. The Kier molecular flexibility index (Phi) is 6.15. The van der Waals surface area contributed by atoms with Crippen molar-refractivity contribution in [3.8, 4) is 0 Å². The van der Waals surface area contributed by atoms with Gasteiger partial charge in [0.2, 0.25) is 5.91 Å². The molecule has 5 heteroatoms. The highest BCUT2D eigenvalue weighted by Crippen LogP contribution is 2.25. The number of carbonyl (C=O) groups is 1. The van der Waals surface area contributed by atoms with Crippen molar-refractivity contribution < 1.29 is 13.2 Å². The first-order chi connectivity index (χ1) is 12.0. The van der Waals surface area contributed by atoms with Crippen molar-refractivity contribution in [2.75, 3.05) is 5.75 Å². The maximum absolute atomic E-state index is 12.5. The van der Waals surface area contributed by atoms with Gasteiger partial charge in [0.15, 0.2) is 9.84 Å². The molecule has 1 aromatic rings.